The van der Waals surface area contributed by atoms with Gasteiger partial charge in [-0.05, 0) is 6.07 Å². The number of amides is 1. The van der Waals surface area contributed by atoms with Crippen molar-refractivity contribution in [1.82, 2.24) is 0 Å². The molecule has 0 fully saturated rings. The molecule has 0 aromatic heterocycles. The predicted octanol–water partition coefficient (Wildman–Crippen LogP) is 1.33. The van der Waals surface area contributed by atoms with Gasteiger partial charge in [0.2, 0.25) is 5.91 Å². The van der Waals surface area contributed by atoms with E-state index < -0.39 is 8.07 Å². The molecule has 0 saturated carbocycles. The molecule has 1 aromatic carbocycles. The second-order valence-electron chi connectivity index (χ2n) is 4.20. The summed E-state index contributed by atoms with van der Waals surface area (Å²) in [6.07, 6.45) is 0. The van der Waals surface area contributed by atoms with Gasteiger partial charge in [0, 0.05) is 5.56 Å². The molecule has 2 N–H and O–H groups in total. The largest absolute Gasteiger partial charge is 0.366 e. The van der Waals surface area contributed by atoms with Gasteiger partial charge in [-0.25, -0.2) is 0 Å². The summed E-state index contributed by atoms with van der Waals surface area (Å²) in [5.41, 5.74) is 5.81. The molecule has 1 aromatic rings. The molecule has 70 valence electrons. The van der Waals surface area contributed by atoms with E-state index >= 15 is 0 Å². The first-order valence-electron chi connectivity index (χ1n) is 4.31. The highest BCUT2D eigenvalue weighted by Crippen LogP contribution is 2.04. The van der Waals surface area contributed by atoms with Gasteiger partial charge in [-0.15, -0.1) is 0 Å². The van der Waals surface area contributed by atoms with Crippen LogP contribution in [0.3, 0.4) is 0 Å². The molecule has 0 heterocycles. The molecular formula is C10H15NOSi. The van der Waals surface area contributed by atoms with Crippen LogP contribution in [-0.2, 0) is 0 Å². The molecule has 0 aliphatic carbocycles. The van der Waals surface area contributed by atoms with Crippen LogP contribution in [0.15, 0.2) is 24.3 Å². The van der Waals surface area contributed by atoms with Crippen LogP contribution >= 0.6 is 0 Å². The van der Waals surface area contributed by atoms with Crippen molar-refractivity contribution >= 4 is 19.2 Å². The molecule has 3 heteroatoms. The minimum atomic E-state index is -1.32. The number of primary amides is 1. The molecule has 0 aliphatic heterocycles. The highest BCUT2D eigenvalue weighted by atomic mass is 28.3. The predicted molar refractivity (Wildman–Crippen MR) is 57.9 cm³/mol. The Bertz CT molecular complexity index is 328. The second-order valence-corrected chi connectivity index (χ2v) is 9.27. The van der Waals surface area contributed by atoms with Crippen molar-refractivity contribution in [3.05, 3.63) is 29.8 Å². The van der Waals surface area contributed by atoms with Crippen LogP contribution in [-0.4, -0.2) is 14.0 Å². The number of rotatable bonds is 2. The summed E-state index contributed by atoms with van der Waals surface area (Å²) in [7, 11) is -1.32. The SMILES string of the molecule is C[Si](C)(C)c1cccc(C(N)=O)c1. The van der Waals surface area contributed by atoms with Crippen LogP contribution in [0.25, 0.3) is 0 Å². The zero-order valence-electron chi connectivity index (χ0n) is 8.29. The van der Waals surface area contributed by atoms with Gasteiger partial charge in [-0.2, -0.15) is 0 Å². The molecule has 13 heavy (non-hydrogen) atoms. The first-order valence-corrected chi connectivity index (χ1v) is 7.81. The number of nitrogens with two attached hydrogens (primary N) is 1. The average molecular weight is 193 g/mol. The highest BCUT2D eigenvalue weighted by Gasteiger charge is 2.16. The van der Waals surface area contributed by atoms with Crippen LogP contribution in [0, 0.1) is 0 Å². The zero-order chi connectivity index (χ0) is 10.1. The summed E-state index contributed by atoms with van der Waals surface area (Å²) in [6.45, 7) is 6.73. The van der Waals surface area contributed by atoms with Crippen LogP contribution in [0.5, 0.6) is 0 Å². The van der Waals surface area contributed by atoms with E-state index in [0.29, 0.717) is 5.56 Å². The molecule has 0 bridgehead atoms. The molecule has 0 atom stereocenters. The summed E-state index contributed by atoms with van der Waals surface area (Å²) < 4.78 is 0. The van der Waals surface area contributed by atoms with Crippen molar-refractivity contribution in [2.75, 3.05) is 0 Å². The molecule has 1 amide bonds. The van der Waals surface area contributed by atoms with Crippen LogP contribution in [0.1, 0.15) is 10.4 Å². The van der Waals surface area contributed by atoms with E-state index in [1.807, 2.05) is 12.1 Å². The maximum atomic E-state index is 10.9. The van der Waals surface area contributed by atoms with Crippen molar-refractivity contribution in [2.45, 2.75) is 19.6 Å². The Kier molecular flexibility index (Phi) is 2.57. The fraction of sp³-hybridized carbons (Fsp3) is 0.300. The Morgan fingerprint density at radius 2 is 1.92 bits per heavy atom. The van der Waals surface area contributed by atoms with Crippen molar-refractivity contribution in [1.29, 1.82) is 0 Å². The van der Waals surface area contributed by atoms with E-state index in [9.17, 15) is 4.79 Å². The fourth-order valence-corrected chi connectivity index (χ4v) is 2.32. The molecule has 0 spiro atoms. The zero-order valence-corrected chi connectivity index (χ0v) is 9.29. The third kappa shape index (κ3) is 2.42. The van der Waals surface area contributed by atoms with Gasteiger partial charge in [0.25, 0.3) is 0 Å². The third-order valence-corrected chi connectivity index (χ3v) is 4.06. The fourth-order valence-electron chi connectivity index (χ4n) is 1.14. The van der Waals surface area contributed by atoms with Crippen LogP contribution < -0.4 is 10.9 Å². The molecular weight excluding hydrogens is 178 g/mol. The van der Waals surface area contributed by atoms with Gasteiger partial charge >= 0.3 is 0 Å². The van der Waals surface area contributed by atoms with Crippen molar-refractivity contribution in [3.8, 4) is 0 Å². The van der Waals surface area contributed by atoms with E-state index in [1.165, 1.54) is 5.19 Å². The summed E-state index contributed by atoms with van der Waals surface area (Å²) in [5.74, 6) is -0.347. The summed E-state index contributed by atoms with van der Waals surface area (Å²) in [5, 5.41) is 1.27. The number of carbonyl (C=O) groups is 1. The lowest BCUT2D eigenvalue weighted by Crippen LogP contribution is -2.38. The number of benzene rings is 1. The van der Waals surface area contributed by atoms with Gasteiger partial charge in [0.15, 0.2) is 0 Å². The minimum Gasteiger partial charge on any atom is -0.366 e. The van der Waals surface area contributed by atoms with Crippen molar-refractivity contribution in [3.63, 3.8) is 0 Å². The van der Waals surface area contributed by atoms with Crippen LogP contribution in [0.4, 0.5) is 0 Å². The Balaban J connectivity index is 3.13. The summed E-state index contributed by atoms with van der Waals surface area (Å²) in [4.78, 5) is 10.9. The Morgan fingerprint density at radius 3 is 2.38 bits per heavy atom. The Hall–Kier alpha value is -1.09. The second kappa shape index (κ2) is 3.34. The summed E-state index contributed by atoms with van der Waals surface area (Å²) >= 11 is 0. The van der Waals surface area contributed by atoms with Crippen molar-refractivity contribution in [2.24, 2.45) is 5.73 Å². The van der Waals surface area contributed by atoms with Gasteiger partial charge < -0.3 is 5.73 Å². The van der Waals surface area contributed by atoms with Crippen molar-refractivity contribution < 1.29 is 4.79 Å². The lowest BCUT2D eigenvalue weighted by molar-refractivity contribution is 0.100. The number of carbonyl (C=O) groups excluding carboxylic acids is 1. The Morgan fingerprint density at radius 1 is 1.31 bits per heavy atom. The highest BCUT2D eigenvalue weighted by molar-refractivity contribution is 6.88. The van der Waals surface area contributed by atoms with Crippen LogP contribution in [0.2, 0.25) is 19.6 Å². The minimum absolute atomic E-state index is 0.347. The third-order valence-electron chi connectivity index (χ3n) is 2.01. The van der Waals surface area contributed by atoms with Gasteiger partial charge in [-0.1, -0.05) is 43.0 Å². The topological polar surface area (TPSA) is 43.1 Å². The van der Waals surface area contributed by atoms with E-state index in [1.54, 1.807) is 6.07 Å². The quantitative estimate of drug-likeness (QED) is 0.707. The summed E-state index contributed by atoms with van der Waals surface area (Å²) in [6, 6.07) is 7.63. The van der Waals surface area contributed by atoms with Gasteiger partial charge in [0.05, 0.1) is 8.07 Å². The van der Waals surface area contributed by atoms with Gasteiger partial charge in [-0.3, -0.25) is 4.79 Å². The Labute approximate surface area is 79.8 Å². The lowest BCUT2D eigenvalue weighted by Gasteiger charge is -2.16. The average Bonchev–Trinajstić information content (AvgIpc) is 2.03. The smallest absolute Gasteiger partial charge is 0.248 e. The first kappa shape index (κ1) is 9.99. The molecule has 1 rings (SSSR count). The normalized spacial score (nSPS) is 11.3. The van der Waals surface area contributed by atoms with E-state index in [0.717, 1.165) is 0 Å². The molecule has 0 saturated heterocycles. The number of hydrogen-bond donors (Lipinski definition) is 1. The maximum absolute atomic E-state index is 10.9. The molecule has 2 nitrogen and oxygen atoms in total. The standard InChI is InChI=1S/C10H15NOSi/c1-13(2,3)9-6-4-5-8(7-9)10(11)12/h4-7H,1-3H3,(H2,11,12). The molecule has 0 radical (unpaired) electrons. The van der Waals surface area contributed by atoms with E-state index in [-0.39, 0.29) is 5.91 Å². The number of hydrogen-bond acceptors (Lipinski definition) is 1. The maximum Gasteiger partial charge on any atom is 0.248 e. The van der Waals surface area contributed by atoms with Gasteiger partial charge in [0.1, 0.15) is 0 Å². The van der Waals surface area contributed by atoms with E-state index in [4.69, 9.17) is 5.73 Å². The molecule has 0 unspecified atom stereocenters. The molecule has 0 aliphatic rings. The first-order chi connectivity index (χ1) is 5.91. The van der Waals surface area contributed by atoms with E-state index in [2.05, 4.69) is 25.7 Å². The lowest BCUT2D eigenvalue weighted by atomic mass is 10.2. The monoisotopic (exact) mass is 193 g/mol.